The van der Waals surface area contributed by atoms with Crippen molar-refractivity contribution in [3.05, 3.63) is 63.8 Å². The topological polar surface area (TPSA) is 77.2 Å². The maximum absolute atomic E-state index is 12.5. The first-order valence-corrected chi connectivity index (χ1v) is 11.3. The van der Waals surface area contributed by atoms with Crippen LogP contribution in [0.4, 0.5) is 5.13 Å². The largest absolute Gasteiger partial charge is 0.493 e. The molecule has 1 N–H and O–H groups in total. The van der Waals surface area contributed by atoms with E-state index in [0.29, 0.717) is 17.5 Å². The monoisotopic (exact) mass is 497 g/mol. The molecule has 2 aromatic carbocycles. The third-order valence-corrected chi connectivity index (χ3v) is 5.89. The van der Waals surface area contributed by atoms with Gasteiger partial charge in [-0.2, -0.15) is 0 Å². The Balaban J connectivity index is 1.74. The van der Waals surface area contributed by atoms with Gasteiger partial charge in [-0.3, -0.25) is 10.1 Å². The van der Waals surface area contributed by atoms with Crippen LogP contribution >= 0.6 is 27.3 Å². The van der Waals surface area contributed by atoms with Crippen LogP contribution < -0.4 is 10.1 Å². The second-order valence-electron chi connectivity index (χ2n) is 6.88. The average molecular weight is 498 g/mol. The number of furan rings is 1. The molecule has 0 aliphatic carbocycles. The summed E-state index contributed by atoms with van der Waals surface area (Å²) in [6.45, 7) is 6.15. The van der Waals surface area contributed by atoms with Gasteiger partial charge in [-0.25, -0.2) is 0 Å². The van der Waals surface area contributed by atoms with Crippen LogP contribution in [-0.2, 0) is 4.79 Å². The van der Waals surface area contributed by atoms with Crippen molar-refractivity contribution in [2.45, 2.75) is 20.8 Å². The van der Waals surface area contributed by atoms with Gasteiger partial charge < -0.3 is 9.15 Å². The Morgan fingerprint density at radius 3 is 2.84 bits per heavy atom. The quantitative estimate of drug-likeness (QED) is 0.309. The van der Waals surface area contributed by atoms with Gasteiger partial charge in [0.15, 0.2) is 0 Å². The number of nitrogens with one attached hydrogen (secondary N) is 1. The summed E-state index contributed by atoms with van der Waals surface area (Å²) in [5, 5.41) is 12.8. The summed E-state index contributed by atoms with van der Waals surface area (Å²) in [6, 6.07) is 11.9. The van der Waals surface area contributed by atoms with Gasteiger partial charge in [0.25, 0.3) is 0 Å². The first-order chi connectivity index (χ1) is 14.9. The van der Waals surface area contributed by atoms with Crippen molar-refractivity contribution in [1.82, 2.24) is 10.2 Å². The highest BCUT2D eigenvalue weighted by molar-refractivity contribution is 9.10. The standard InChI is InChI=1S/C23H20BrN3O3S/c1-4-29-20-11-21-18(19(12-30-21)15-6-5-7-16(24)9-15)10-17(20)13(2)8-22(28)25-23-27-26-14(3)31-23/h5-12H,4H2,1-3H3,(H,25,27,28)/b13-8+. The molecule has 0 bridgehead atoms. The number of hydrogen-bond donors (Lipinski definition) is 1. The molecule has 6 nitrogen and oxygen atoms in total. The SMILES string of the molecule is CCOc1cc2occ(-c3cccc(Br)c3)c2cc1/C(C)=C/C(=O)Nc1nnc(C)s1. The van der Waals surface area contributed by atoms with Crippen LogP contribution in [-0.4, -0.2) is 22.7 Å². The Morgan fingerprint density at radius 1 is 1.29 bits per heavy atom. The molecule has 2 aromatic heterocycles. The Morgan fingerprint density at radius 2 is 2.13 bits per heavy atom. The van der Waals surface area contributed by atoms with Crippen LogP contribution in [0.15, 0.2) is 57.6 Å². The lowest BCUT2D eigenvalue weighted by molar-refractivity contribution is -0.111. The van der Waals surface area contributed by atoms with E-state index in [0.717, 1.165) is 42.7 Å². The van der Waals surface area contributed by atoms with Gasteiger partial charge in [0, 0.05) is 33.1 Å². The van der Waals surface area contributed by atoms with Crippen molar-refractivity contribution in [2.24, 2.45) is 0 Å². The van der Waals surface area contributed by atoms with E-state index in [2.05, 4.69) is 31.4 Å². The van der Waals surface area contributed by atoms with Crippen molar-refractivity contribution in [2.75, 3.05) is 11.9 Å². The highest BCUT2D eigenvalue weighted by Gasteiger charge is 2.16. The first kappa shape index (κ1) is 21.3. The fourth-order valence-corrected chi connectivity index (χ4v) is 4.27. The van der Waals surface area contributed by atoms with E-state index in [1.54, 1.807) is 12.3 Å². The lowest BCUT2D eigenvalue weighted by Crippen LogP contribution is -2.08. The zero-order valence-electron chi connectivity index (χ0n) is 17.2. The summed E-state index contributed by atoms with van der Waals surface area (Å²) in [5.41, 5.74) is 4.33. The number of anilines is 1. The minimum atomic E-state index is -0.268. The number of aromatic nitrogens is 2. The van der Waals surface area contributed by atoms with E-state index in [9.17, 15) is 4.79 Å². The molecule has 0 fully saturated rings. The van der Waals surface area contributed by atoms with E-state index in [4.69, 9.17) is 9.15 Å². The average Bonchev–Trinajstić information content (AvgIpc) is 3.33. The van der Waals surface area contributed by atoms with E-state index in [1.165, 1.54) is 11.3 Å². The number of aryl methyl sites for hydroxylation is 1. The number of rotatable bonds is 6. The van der Waals surface area contributed by atoms with Crippen molar-refractivity contribution in [1.29, 1.82) is 0 Å². The van der Waals surface area contributed by atoms with Gasteiger partial charge in [-0.05, 0) is 50.1 Å². The minimum Gasteiger partial charge on any atom is -0.493 e. The molecule has 0 saturated heterocycles. The number of fused-ring (bicyclic) bond motifs is 1. The molecule has 0 spiro atoms. The predicted molar refractivity (Wildman–Crippen MR) is 127 cm³/mol. The van der Waals surface area contributed by atoms with Crippen molar-refractivity contribution in [3.8, 4) is 16.9 Å². The van der Waals surface area contributed by atoms with E-state index >= 15 is 0 Å². The van der Waals surface area contributed by atoms with E-state index in [1.807, 2.05) is 57.2 Å². The molecule has 0 unspecified atom stereocenters. The third kappa shape index (κ3) is 4.70. The summed E-state index contributed by atoms with van der Waals surface area (Å²) in [7, 11) is 0. The van der Waals surface area contributed by atoms with Crippen LogP contribution in [0.25, 0.3) is 27.7 Å². The summed E-state index contributed by atoms with van der Waals surface area (Å²) >= 11 is 4.85. The number of hydrogen-bond acceptors (Lipinski definition) is 6. The molecular weight excluding hydrogens is 478 g/mol. The van der Waals surface area contributed by atoms with Crippen LogP contribution in [0.3, 0.4) is 0 Å². The number of ether oxygens (including phenoxy) is 1. The van der Waals surface area contributed by atoms with Gasteiger partial charge >= 0.3 is 0 Å². The van der Waals surface area contributed by atoms with Crippen LogP contribution in [0.1, 0.15) is 24.4 Å². The fourth-order valence-electron chi connectivity index (χ4n) is 3.28. The molecule has 158 valence electrons. The highest BCUT2D eigenvalue weighted by atomic mass is 79.9. The smallest absolute Gasteiger partial charge is 0.250 e. The Labute approximate surface area is 192 Å². The fraction of sp³-hybridized carbons (Fsp3) is 0.174. The second kappa shape index (κ2) is 9.03. The van der Waals surface area contributed by atoms with Crippen molar-refractivity contribution >= 4 is 54.8 Å². The maximum atomic E-state index is 12.5. The van der Waals surface area contributed by atoms with Crippen LogP contribution in [0.2, 0.25) is 0 Å². The zero-order valence-corrected chi connectivity index (χ0v) is 19.6. The lowest BCUT2D eigenvalue weighted by atomic mass is 9.99. The molecular formula is C23H20BrN3O3S. The maximum Gasteiger partial charge on any atom is 0.250 e. The molecule has 1 amide bonds. The second-order valence-corrected chi connectivity index (χ2v) is 8.98. The van der Waals surface area contributed by atoms with Gasteiger partial charge in [0.1, 0.15) is 16.3 Å². The number of halogens is 1. The third-order valence-electron chi connectivity index (χ3n) is 4.64. The van der Waals surface area contributed by atoms with Gasteiger partial charge in [-0.15, -0.1) is 10.2 Å². The summed E-state index contributed by atoms with van der Waals surface area (Å²) in [5.74, 6) is 0.397. The van der Waals surface area contributed by atoms with E-state index < -0.39 is 0 Å². The molecule has 8 heteroatoms. The minimum absolute atomic E-state index is 0.268. The number of nitrogens with zero attached hydrogens (tertiary/aromatic N) is 2. The normalized spacial score (nSPS) is 11.7. The molecule has 4 aromatic rings. The van der Waals surface area contributed by atoms with Crippen LogP contribution in [0.5, 0.6) is 5.75 Å². The highest BCUT2D eigenvalue weighted by Crippen LogP contribution is 2.38. The number of allylic oxidation sites excluding steroid dienone is 1. The lowest BCUT2D eigenvalue weighted by Gasteiger charge is -2.11. The number of carbonyl (C=O) groups excluding carboxylic acids is 1. The van der Waals surface area contributed by atoms with Crippen molar-refractivity contribution < 1.29 is 13.9 Å². The van der Waals surface area contributed by atoms with Crippen LogP contribution in [0, 0.1) is 6.92 Å². The molecule has 0 radical (unpaired) electrons. The predicted octanol–water partition coefficient (Wildman–Crippen LogP) is 6.46. The molecule has 31 heavy (non-hydrogen) atoms. The van der Waals surface area contributed by atoms with Gasteiger partial charge in [0.2, 0.25) is 11.0 Å². The van der Waals surface area contributed by atoms with Gasteiger partial charge in [0.05, 0.1) is 12.9 Å². The van der Waals surface area contributed by atoms with Crippen molar-refractivity contribution in [3.63, 3.8) is 0 Å². The molecule has 0 aliphatic heterocycles. The van der Waals surface area contributed by atoms with Gasteiger partial charge in [-0.1, -0.05) is 39.4 Å². The summed E-state index contributed by atoms with van der Waals surface area (Å²) in [4.78, 5) is 12.5. The number of amides is 1. The Bertz CT molecular complexity index is 1290. The first-order valence-electron chi connectivity index (χ1n) is 9.68. The van der Waals surface area contributed by atoms with E-state index in [-0.39, 0.29) is 5.91 Å². The number of benzene rings is 2. The molecule has 0 atom stereocenters. The molecule has 0 saturated carbocycles. The molecule has 0 aliphatic rings. The molecule has 2 heterocycles. The summed E-state index contributed by atoms with van der Waals surface area (Å²) in [6.07, 6.45) is 3.29. The Hall–Kier alpha value is -2.97. The molecule has 4 rings (SSSR count). The number of carbonyl (C=O) groups is 1. The zero-order chi connectivity index (χ0) is 22.0. The Kier molecular flexibility index (Phi) is 6.20. The summed E-state index contributed by atoms with van der Waals surface area (Å²) < 4.78 is 12.7.